The molecule has 0 saturated carbocycles. The van der Waals surface area contributed by atoms with Gasteiger partial charge < -0.3 is 9.64 Å². The molecule has 0 aliphatic carbocycles. The Balaban J connectivity index is 2.00. The van der Waals surface area contributed by atoms with E-state index in [1.54, 1.807) is 16.4 Å². The van der Waals surface area contributed by atoms with Gasteiger partial charge in [-0.15, -0.1) is 0 Å². The van der Waals surface area contributed by atoms with Crippen molar-refractivity contribution < 1.29 is 13.2 Å². The van der Waals surface area contributed by atoms with E-state index < -0.39 is 10.0 Å². The van der Waals surface area contributed by atoms with Crippen molar-refractivity contribution in [2.75, 3.05) is 39.9 Å². The van der Waals surface area contributed by atoms with Crippen LogP contribution in [0.25, 0.3) is 0 Å². The van der Waals surface area contributed by atoms with Gasteiger partial charge in [-0.05, 0) is 25.6 Å². The Morgan fingerprint density at radius 3 is 2.67 bits per heavy atom. The zero-order valence-electron chi connectivity index (χ0n) is 12.5. The van der Waals surface area contributed by atoms with Crippen LogP contribution in [0.5, 0.6) is 0 Å². The number of likely N-dealkylation sites (N-methyl/N-ethyl adjacent to an activating group) is 1. The Hall–Kier alpha value is -0.950. The predicted octanol–water partition coefficient (Wildman–Crippen LogP) is 0.946. The van der Waals surface area contributed by atoms with Gasteiger partial charge in [0.2, 0.25) is 10.0 Å². The third-order valence-corrected chi connectivity index (χ3v) is 6.36. The van der Waals surface area contributed by atoms with E-state index in [4.69, 9.17) is 4.74 Å². The first-order valence-electron chi connectivity index (χ1n) is 7.32. The normalized spacial score (nSPS) is 28.3. The van der Waals surface area contributed by atoms with Gasteiger partial charge >= 0.3 is 0 Å². The van der Waals surface area contributed by atoms with Gasteiger partial charge in [0.1, 0.15) is 0 Å². The molecular formula is C15H22N2O3S. The molecule has 6 heteroatoms. The number of ether oxygens (including phenoxy) is 1. The Bertz CT molecular complexity index is 617. The summed E-state index contributed by atoms with van der Waals surface area (Å²) in [5.74, 6) is 0.237. The quantitative estimate of drug-likeness (QED) is 0.816. The van der Waals surface area contributed by atoms with Crippen molar-refractivity contribution >= 4 is 10.0 Å². The van der Waals surface area contributed by atoms with Crippen molar-refractivity contribution in [2.45, 2.75) is 17.9 Å². The molecule has 21 heavy (non-hydrogen) atoms. The molecule has 2 heterocycles. The van der Waals surface area contributed by atoms with Crippen LogP contribution in [0, 0.1) is 12.8 Å². The number of hydrogen-bond donors (Lipinski definition) is 0. The van der Waals surface area contributed by atoms with Gasteiger partial charge in [0.05, 0.1) is 24.2 Å². The highest BCUT2D eigenvalue weighted by Crippen LogP contribution is 2.27. The minimum Gasteiger partial charge on any atom is -0.379 e. The Morgan fingerprint density at radius 2 is 1.90 bits per heavy atom. The lowest BCUT2D eigenvalue weighted by Crippen LogP contribution is -2.45. The van der Waals surface area contributed by atoms with E-state index in [1.165, 1.54) is 0 Å². The van der Waals surface area contributed by atoms with Crippen LogP contribution in [0.2, 0.25) is 0 Å². The maximum absolute atomic E-state index is 13.1. The van der Waals surface area contributed by atoms with Crippen LogP contribution < -0.4 is 0 Å². The van der Waals surface area contributed by atoms with E-state index in [0.29, 0.717) is 24.7 Å². The second-order valence-corrected chi connectivity index (χ2v) is 7.98. The summed E-state index contributed by atoms with van der Waals surface area (Å²) >= 11 is 0. The highest BCUT2D eigenvalue weighted by Gasteiger charge is 2.39. The first-order valence-corrected chi connectivity index (χ1v) is 8.76. The Labute approximate surface area is 126 Å². The van der Waals surface area contributed by atoms with Crippen molar-refractivity contribution in [3.05, 3.63) is 29.8 Å². The number of benzene rings is 1. The van der Waals surface area contributed by atoms with E-state index in [1.807, 2.05) is 19.1 Å². The fourth-order valence-corrected chi connectivity index (χ4v) is 5.21. The molecule has 1 aromatic rings. The maximum Gasteiger partial charge on any atom is 0.243 e. The number of aryl methyl sites for hydroxylation is 1. The number of rotatable bonds is 2. The van der Waals surface area contributed by atoms with Gasteiger partial charge in [-0.25, -0.2) is 8.42 Å². The molecule has 3 rings (SSSR count). The highest BCUT2D eigenvalue weighted by atomic mass is 32.2. The molecule has 2 fully saturated rings. The molecule has 5 nitrogen and oxygen atoms in total. The molecular weight excluding hydrogens is 288 g/mol. The van der Waals surface area contributed by atoms with Gasteiger partial charge in [-0.3, -0.25) is 0 Å². The molecule has 2 saturated heterocycles. The van der Waals surface area contributed by atoms with Crippen molar-refractivity contribution in [1.29, 1.82) is 0 Å². The standard InChI is InChI=1S/C15H22N2O3S/c1-12-5-3-4-6-15(12)21(18,19)17-8-13-7-16(2)9-14(17)11-20-10-13/h3-6,13-14H,7-11H2,1-2H3/t13-,14-/m0/s1. The van der Waals surface area contributed by atoms with Crippen LogP contribution in [-0.2, 0) is 14.8 Å². The van der Waals surface area contributed by atoms with Crippen LogP contribution in [0.15, 0.2) is 29.2 Å². The lowest BCUT2D eigenvalue weighted by molar-refractivity contribution is 0.0659. The topological polar surface area (TPSA) is 49.9 Å². The molecule has 116 valence electrons. The van der Waals surface area contributed by atoms with Gasteiger partial charge in [0.15, 0.2) is 0 Å². The molecule has 1 aromatic carbocycles. The average molecular weight is 310 g/mol. The molecule has 0 unspecified atom stereocenters. The third-order valence-electron chi connectivity index (χ3n) is 4.28. The van der Waals surface area contributed by atoms with Crippen molar-refractivity contribution in [2.24, 2.45) is 5.92 Å². The smallest absolute Gasteiger partial charge is 0.243 e. The lowest BCUT2D eigenvalue weighted by atomic mass is 10.1. The number of fused-ring (bicyclic) bond motifs is 3. The molecule has 0 radical (unpaired) electrons. The van der Waals surface area contributed by atoms with Gasteiger partial charge in [0, 0.05) is 25.6 Å². The van der Waals surface area contributed by atoms with E-state index >= 15 is 0 Å². The fraction of sp³-hybridized carbons (Fsp3) is 0.600. The van der Waals surface area contributed by atoms with E-state index in [2.05, 4.69) is 11.9 Å². The van der Waals surface area contributed by atoms with Gasteiger partial charge in [-0.1, -0.05) is 18.2 Å². The molecule has 0 N–H and O–H groups in total. The predicted molar refractivity (Wildman–Crippen MR) is 80.7 cm³/mol. The van der Waals surface area contributed by atoms with E-state index in [0.717, 1.165) is 18.7 Å². The number of nitrogens with zero attached hydrogens (tertiary/aromatic N) is 2. The molecule has 2 atom stereocenters. The molecule has 2 aliphatic heterocycles. The van der Waals surface area contributed by atoms with Crippen LogP contribution in [0.3, 0.4) is 0 Å². The van der Waals surface area contributed by atoms with Gasteiger partial charge in [-0.2, -0.15) is 4.31 Å². The van der Waals surface area contributed by atoms with E-state index in [-0.39, 0.29) is 12.0 Å². The van der Waals surface area contributed by atoms with Crippen molar-refractivity contribution in [3.63, 3.8) is 0 Å². The molecule has 2 aliphatic rings. The summed E-state index contributed by atoms with van der Waals surface area (Å²) in [6.07, 6.45) is 0. The summed E-state index contributed by atoms with van der Waals surface area (Å²) in [4.78, 5) is 2.63. The number of hydrogen-bond acceptors (Lipinski definition) is 4. The summed E-state index contributed by atoms with van der Waals surface area (Å²) in [7, 11) is -1.42. The zero-order chi connectivity index (χ0) is 15.0. The zero-order valence-corrected chi connectivity index (χ0v) is 13.3. The van der Waals surface area contributed by atoms with Gasteiger partial charge in [0.25, 0.3) is 0 Å². The molecule has 0 spiro atoms. The summed E-state index contributed by atoms with van der Waals surface area (Å²) in [5.41, 5.74) is 0.797. The lowest BCUT2D eigenvalue weighted by Gasteiger charge is -2.29. The molecule has 2 bridgehead atoms. The highest BCUT2D eigenvalue weighted by molar-refractivity contribution is 7.89. The van der Waals surface area contributed by atoms with Crippen molar-refractivity contribution in [3.8, 4) is 0 Å². The third kappa shape index (κ3) is 2.85. The van der Waals surface area contributed by atoms with Crippen LogP contribution >= 0.6 is 0 Å². The minimum atomic E-state index is -3.47. The molecule has 0 amide bonds. The van der Waals surface area contributed by atoms with Crippen LogP contribution in [-0.4, -0.2) is 63.6 Å². The second-order valence-electron chi connectivity index (χ2n) is 6.12. The molecule has 0 aromatic heterocycles. The first-order chi connectivity index (χ1) is 9.98. The summed E-state index contributed by atoms with van der Waals surface area (Å²) < 4.78 is 33.5. The Kier molecular flexibility index (Phi) is 4.05. The number of sulfonamides is 1. The summed E-state index contributed by atoms with van der Waals surface area (Å²) in [6, 6.07) is 7.09. The van der Waals surface area contributed by atoms with E-state index in [9.17, 15) is 8.42 Å². The maximum atomic E-state index is 13.1. The summed E-state index contributed by atoms with van der Waals surface area (Å²) in [5, 5.41) is 0. The fourth-order valence-electron chi connectivity index (χ4n) is 3.31. The van der Waals surface area contributed by atoms with Crippen LogP contribution in [0.1, 0.15) is 5.56 Å². The SMILES string of the molecule is Cc1ccccc1S(=O)(=O)N1C[C@H]2COC[C@@H]1CN(C)C2. The van der Waals surface area contributed by atoms with Crippen molar-refractivity contribution in [1.82, 2.24) is 9.21 Å². The first kappa shape index (κ1) is 15.0. The largest absolute Gasteiger partial charge is 0.379 e. The summed E-state index contributed by atoms with van der Waals surface area (Å²) in [6.45, 7) is 5.12. The second kappa shape index (κ2) is 5.68. The minimum absolute atomic E-state index is 0.105. The monoisotopic (exact) mass is 310 g/mol. The van der Waals surface area contributed by atoms with Crippen LogP contribution in [0.4, 0.5) is 0 Å². The average Bonchev–Trinajstić information content (AvgIpc) is 2.69. The Morgan fingerprint density at radius 1 is 1.14 bits per heavy atom.